The van der Waals surface area contributed by atoms with Crippen molar-refractivity contribution in [3.05, 3.63) is 89.8 Å². The van der Waals surface area contributed by atoms with Crippen molar-refractivity contribution in [1.82, 2.24) is 35.4 Å². The molecule has 1 aromatic heterocycles. The van der Waals surface area contributed by atoms with E-state index in [-0.39, 0.29) is 30.7 Å². The van der Waals surface area contributed by atoms with Crippen LogP contribution in [0.15, 0.2) is 72.9 Å². The van der Waals surface area contributed by atoms with E-state index in [2.05, 4.69) is 38.0 Å². The molecular weight excluding hydrogens is 506 g/mol. The van der Waals surface area contributed by atoms with Crippen LogP contribution in [0, 0.1) is 0 Å². The number of rotatable bonds is 5. The summed E-state index contributed by atoms with van der Waals surface area (Å²) in [4.78, 5) is 44.2. The monoisotopic (exact) mass is 541 g/mol. The maximum atomic E-state index is 14.0. The van der Waals surface area contributed by atoms with Crippen molar-refractivity contribution in [2.75, 3.05) is 26.2 Å². The topological polar surface area (TPSA) is 112 Å². The summed E-state index contributed by atoms with van der Waals surface area (Å²) in [6.07, 6.45) is 7.09. The highest BCUT2D eigenvalue weighted by atomic mass is 16.2. The molecule has 3 aromatic rings. The van der Waals surface area contributed by atoms with Crippen molar-refractivity contribution in [1.29, 1.82) is 0 Å². The smallest absolute Gasteiger partial charge is 0.246 e. The molecule has 0 aliphatic carbocycles. The van der Waals surface area contributed by atoms with Crippen LogP contribution in [-0.2, 0) is 33.9 Å². The number of benzene rings is 2. The van der Waals surface area contributed by atoms with Crippen molar-refractivity contribution in [3.63, 3.8) is 0 Å². The SMILES string of the molecule is O=C1CCCn2cc(nn2)CNC(=O)[C@H]2CN(CC=Cc3ccccc3)CCN2C(=O)[C@H](Cc2ccccc2)N1. The molecule has 0 spiro atoms. The van der Waals surface area contributed by atoms with Crippen LogP contribution in [0.5, 0.6) is 0 Å². The van der Waals surface area contributed by atoms with E-state index in [9.17, 15) is 14.4 Å². The van der Waals surface area contributed by atoms with Crippen LogP contribution >= 0.6 is 0 Å². The van der Waals surface area contributed by atoms with Gasteiger partial charge in [-0.3, -0.25) is 24.0 Å². The first-order valence-corrected chi connectivity index (χ1v) is 13.8. The Kier molecular flexibility index (Phi) is 8.97. The maximum Gasteiger partial charge on any atom is 0.246 e. The molecule has 40 heavy (non-hydrogen) atoms. The van der Waals surface area contributed by atoms with Crippen LogP contribution in [0.4, 0.5) is 0 Å². The lowest BCUT2D eigenvalue weighted by Crippen LogP contribution is -2.63. The van der Waals surface area contributed by atoms with Crippen molar-refractivity contribution in [2.45, 2.75) is 44.4 Å². The molecule has 2 aromatic carbocycles. The van der Waals surface area contributed by atoms with Crippen LogP contribution < -0.4 is 10.6 Å². The number of nitrogens with one attached hydrogen (secondary N) is 2. The van der Waals surface area contributed by atoms with Crippen LogP contribution in [-0.4, -0.2) is 80.8 Å². The van der Waals surface area contributed by atoms with Gasteiger partial charge < -0.3 is 15.5 Å². The zero-order valence-electron chi connectivity index (χ0n) is 22.5. The van der Waals surface area contributed by atoms with E-state index in [1.165, 1.54) is 0 Å². The second-order valence-corrected chi connectivity index (χ2v) is 10.2. The molecule has 3 heterocycles. The molecule has 10 nitrogen and oxygen atoms in total. The summed E-state index contributed by atoms with van der Waals surface area (Å²) < 4.78 is 1.68. The molecular formula is C30H35N7O3. The number of carbonyl (C=O) groups is 3. The number of hydrogen-bond donors (Lipinski definition) is 2. The van der Waals surface area contributed by atoms with Crippen LogP contribution in [0.25, 0.3) is 6.08 Å². The van der Waals surface area contributed by atoms with Gasteiger partial charge in [0.1, 0.15) is 17.8 Å². The van der Waals surface area contributed by atoms with Crippen molar-refractivity contribution in [3.8, 4) is 0 Å². The van der Waals surface area contributed by atoms with Gasteiger partial charge in [-0.15, -0.1) is 5.10 Å². The quantitative estimate of drug-likeness (QED) is 0.508. The first kappa shape index (κ1) is 27.3. The second-order valence-electron chi connectivity index (χ2n) is 10.2. The summed E-state index contributed by atoms with van der Waals surface area (Å²) in [5.41, 5.74) is 2.68. The maximum absolute atomic E-state index is 14.0. The zero-order valence-corrected chi connectivity index (χ0v) is 22.5. The van der Waals surface area contributed by atoms with Crippen LogP contribution in [0.3, 0.4) is 0 Å². The van der Waals surface area contributed by atoms with Crippen molar-refractivity contribution in [2.24, 2.45) is 0 Å². The fraction of sp³-hybridized carbons (Fsp3) is 0.367. The highest BCUT2D eigenvalue weighted by Gasteiger charge is 2.38. The summed E-state index contributed by atoms with van der Waals surface area (Å²) in [5, 5.41) is 14.2. The molecule has 0 radical (unpaired) electrons. The lowest BCUT2D eigenvalue weighted by molar-refractivity contribution is -0.146. The molecule has 1 fully saturated rings. The molecule has 5 rings (SSSR count). The highest BCUT2D eigenvalue weighted by molar-refractivity contribution is 5.92. The minimum atomic E-state index is -0.766. The highest BCUT2D eigenvalue weighted by Crippen LogP contribution is 2.16. The number of aromatic nitrogens is 3. The fourth-order valence-electron chi connectivity index (χ4n) is 5.14. The van der Waals surface area contributed by atoms with E-state index in [1.807, 2.05) is 60.7 Å². The van der Waals surface area contributed by atoms with Gasteiger partial charge >= 0.3 is 0 Å². The van der Waals surface area contributed by atoms with E-state index in [1.54, 1.807) is 15.8 Å². The first-order chi connectivity index (χ1) is 19.5. The summed E-state index contributed by atoms with van der Waals surface area (Å²) in [6.45, 7) is 2.78. The Hall–Kier alpha value is -4.31. The number of hydrogen-bond acceptors (Lipinski definition) is 6. The Balaban J connectivity index is 1.37. The van der Waals surface area contributed by atoms with Crippen LogP contribution in [0.1, 0.15) is 29.7 Å². The lowest BCUT2D eigenvalue weighted by atomic mass is 10.0. The minimum absolute atomic E-state index is 0.199. The molecule has 0 unspecified atom stereocenters. The van der Waals surface area contributed by atoms with Gasteiger partial charge in [0.2, 0.25) is 17.7 Å². The lowest BCUT2D eigenvalue weighted by Gasteiger charge is -2.41. The normalized spacial score (nSPS) is 21.3. The molecule has 1 saturated heterocycles. The van der Waals surface area contributed by atoms with E-state index in [0.717, 1.165) is 11.1 Å². The molecule has 208 valence electrons. The number of nitrogens with zero attached hydrogens (tertiary/aromatic N) is 5. The Morgan fingerprint density at radius 1 is 0.950 bits per heavy atom. The molecule has 2 bridgehead atoms. The Labute approximate surface area is 234 Å². The Morgan fingerprint density at radius 2 is 1.73 bits per heavy atom. The first-order valence-electron chi connectivity index (χ1n) is 13.8. The average Bonchev–Trinajstić information content (AvgIpc) is 3.43. The Bertz CT molecular complexity index is 1330. The van der Waals surface area contributed by atoms with E-state index < -0.39 is 12.1 Å². The third-order valence-corrected chi connectivity index (χ3v) is 7.26. The number of aryl methyl sites for hydroxylation is 1. The number of carbonyl (C=O) groups excluding carboxylic acids is 3. The summed E-state index contributed by atoms with van der Waals surface area (Å²) >= 11 is 0. The zero-order chi connectivity index (χ0) is 27.7. The molecule has 2 aliphatic heterocycles. The molecule has 0 saturated carbocycles. The Morgan fingerprint density at radius 3 is 2.52 bits per heavy atom. The molecule has 3 amide bonds. The van der Waals surface area contributed by atoms with Gasteiger partial charge in [-0.2, -0.15) is 0 Å². The van der Waals surface area contributed by atoms with Gasteiger partial charge in [-0.1, -0.05) is 78.0 Å². The third kappa shape index (κ3) is 7.20. The van der Waals surface area contributed by atoms with Gasteiger partial charge in [0.25, 0.3) is 0 Å². The van der Waals surface area contributed by atoms with E-state index in [0.29, 0.717) is 51.3 Å². The van der Waals surface area contributed by atoms with Crippen molar-refractivity contribution < 1.29 is 14.4 Å². The van der Waals surface area contributed by atoms with Gasteiger partial charge in [0.15, 0.2) is 0 Å². The molecule has 2 N–H and O–H groups in total. The van der Waals surface area contributed by atoms with Gasteiger partial charge in [0.05, 0.1) is 12.7 Å². The number of amides is 3. The molecule has 2 aliphatic rings. The van der Waals surface area contributed by atoms with E-state index in [4.69, 9.17) is 0 Å². The van der Waals surface area contributed by atoms with E-state index >= 15 is 0 Å². The summed E-state index contributed by atoms with van der Waals surface area (Å²) in [6, 6.07) is 18.2. The van der Waals surface area contributed by atoms with Gasteiger partial charge in [-0.05, 0) is 17.5 Å². The second kappa shape index (κ2) is 13.2. The predicted molar refractivity (Wildman–Crippen MR) is 151 cm³/mol. The number of fused-ring (bicyclic) bond motifs is 3. The molecule has 2 atom stereocenters. The van der Waals surface area contributed by atoms with Gasteiger partial charge in [0, 0.05) is 45.6 Å². The minimum Gasteiger partial charge on any atom is -0.348 e. The largest absolute Gasteiger partial charge is 0.348 e. The van der Waals surface area contributed by atoms with Crippen molar-refractivity contribution >= 4 is 23.8 Å². The standard InChI is InChI=1S/C30H35N7O3/c38-28-14-8-16-36-21-25(33-34-36)20-31-29(39)27-22-35(15-7-13-23-9-3-1-4-10-23)17-18-37(27)30(40)26(32-28)19-24-11-5-2-6-12-24/h1-7,9-13,21,26-27H,8,14-20,22H2,(H,31,39)(H,32,38)/t26-,27+/m0/s1. The summed E-state index contributed by atoms with van der Waals surface area (Å²) in [7, 11) is 0. The molecule has 10 heteroatoms. The fourth-order valence-corrected chi connectivity index (χ4v) is 5.14. The number of piperazine rings is 1. The predicted octanol–water partition coefficient (Wildman–Crippen LogP) is 1.64. The van der Waals surface area contributed by atoms with Gasteiger partial charge in [-0.25, -0.2) is 0 Å². The summed E-state index contributed by atoms with van der Waals surface area (Å²) in [5.74, 6) is -0.689. The van der Waals surface area contributed by atoms with Crippen LogP contribution in [0.2, 0.25) is 0 Å². The average molecular weight is 542 g/mol. The third-order valence-electron chi connectivity index (χ3n) is 7.26.